The molecule has 0 spiro atoms. The standard InChI is InChI=1S/C51H46Cl2N4O4/c1-5-54-40-19-13-35(14-20-40)45(36-17-25-43(26-18-36)56(2)3)27-8-34-6-23-44(24-7-34)57(4)29-28-48(58)37-9-11-38(12-10-37)50-51(61-31-30-60-50)39-15-21-41(22-16-39)55-42-32-46(52)49(59)47(53)33-42/h6-27,32-33H,5,28-31H2,1-4H3. The van der Waals surface area contributed by atoms with Crippen molar-refractivity contribution >= 4 is 86.4 Å². The molecule has 10 heteroatoms. The highest BCUT2D eigenvalue weighted by Gasteiger charge is 2.21. The van der Waals surface area contributed by atoms with Crippen molar-refractivity contribution in [2.75, 3.05) is 57.2 Å². The minimum atomic E-state index is -0.423. The zero-order valence-corrected chi connectivity index (χ0v) is 36.1. The molecule has 0 unspecified atom stereocenters. The van der Waals surface area contributed by atoms with Crippen LogP contribution in [-0.2, 0) is 14.3 Å². The van der Waals surface area contributed by atoms with Crippen LogP contribution in [0.3, 0.4) is 0 Å². The molecule has 3 aliphatic rings. The largest absolute Gasteiger partial charge is 0.485 e. The Balaban J connectivity index is 0.983. The van der Waals surface area contributed by atoms with Crippen molar-refractivity contribution in [2.24, 2.45) is 9.98 Å². The molecule has 61 heavy (non-hydrogen) atoms. The van der Waals surface area contributed by atoms with E-state index in [4.69, 9.17) is 32.7 Å². The second kappa shape index (κ2) is 19.7. The number of hydrogen-bond acceptors (Lipinski definition) is 8. The molecule has 0 fully saturated rings. The van der Waals surface area contributed by atoms with Gasteiger partial charge >= 0.3 is 0 Å². The van der Waals surface area contributed by atoms with Gasteiger partial charge in [-0.1, -0.05) is 96.0 Å². The summed E-state index contributed by atoms with van der Waals surface area (Å²) in [6.45, 7) is 4.17. The van der Waals surface area contributed by atoms with E-state index in [1.807, 2.05) is 76.6 Å². The third-order valence-electron chi connectivity index (χ3n) is 10.3. The lowest BCUT2D eigenvalue weighted by Crippen LogP contribution is -2.21. The van der Waals surface area contributed by atoms with E-state index in [0.717, 1.165) is 57.0 Å². The summed E-state index contributed by atoms with van der Waals surface area (Å²) in [4.78, 5) is 38.5. The molecule has 4 aromatic carbocycles. The number of rotatable bonds is 13. The van der Waals surface area contributed by atoms with Crippen molar-refractivity contribution in [1.82, 2.24) is 0 Å². The molecular weight excluding hydrogens is 803 g/mol. The van der Waals surface area contributed by atoms with Gasteiger partial charge in [-0.3, -0.25) is 14.6 Å². The van der Waals surface area contributed by atoms with E-state index in [9.17, 15) is 9.59 Å². The first kappa shape index (κ1) is 42.6. The van der Waals surface area contributed by atoms with Gasteiger partial charge in [0, 0.05) is 68.7 Å². The monoisotopic (exact) mass is 848 g/mol. The Morgan fingerprint density at radius 1 is 0.705 bits per heavy atom. The molecular formula is C51H46Cl2N4O4. The van der Waals surface area contributed by atoms with Gasteiger partial charge in [-0.15, -0.1) is 0 Å². The van der Waals surface area contributed by atoms with Gasteiger partial charge in [0.1, 0.15) is 13.2 Å². The van der Waals surface area contributed by atoms with E-state index in [1.165, 1.54) is 12.2 Å². The maximum absolute atomic E-state index is 13.4. The van der Waals surface area contributed by atoms with Crippen molar-refractivity contribution < 1.29 is 19.1 Å². The Labute approximate surface area is 367 Å². The minimum Gasteiger partial charge on any atom is -0.485 e. The van der Waals surface area contributed by atoms with Crippen LogP contribution in [0.25, 0.3) is 23.2 Å². The summed E-state index contributed by atoms with van der Waals surface area (Å²) < 4.78 is 12.2. The van der Waals surface area contributed by atoms with E-state index in [2.05, 4.69) is 105 Å². The molecule has 0 atom stereocenters. The predicted molar refractivity (Wildman–Crippen MR) is 253 cm³/mol. The molecule has 0 N–H and O–H groups in total. The fourth-order valence-electron chi connectivity index (χ4n) is 6.89. The second-order valence-corrected chi connectivity index (χ2v) is 15.5. The lowest BCUT2D eigenvalue weighted by Gasteiger charge is -2.23. The normalized spacial score (nSPS) is 15.0. The molecule has 8 nitrogen and oxygen atoms in total. The van der Waals surface area contributed by atoms with Crippen LogP contribution < -0.4 is 9.80 Å². The number of nitrogens with zero attached hydrogens (tertiary/aromatic N) is 4. The average Bonchev–Trinajstić information content (AvgIpc) is 3.28. The number of carbonyl (C=O) groups is 2. The van der Waals surface area contributed by atoms with Crippen LogP contribution >= 0.6 is 23.2 Å². The first-order chi connectivity index (χ1) is 29.6. The van der Waals surface area contributed by atoms with Crippen LogP contribution in [-0.4, -0.2) is 70.4 Å². The summed E-state index contributed by atoms with van der Waals surface area (Å²) in [5.74, 6) is 0.831. The molecule has 0 amide bonds. The molecule has 7 rings (SSSR count). The molecule has 0 saturated carbocycles. The first-order valence-corrected chi connectivity index (χ1v) is 20.9. The molecule has 308 valence electrons. The molecule has 0 aromatic heterocycles. The number of ether oxygens (including phenoxy) is 2. The van der Waals surface area contributed by atoms with Gasteiger partial charge in [0.05, 0.1) is 27.2 Å². The second-order valence-electron chi connectivity index (χ2n) is 14.7. The number of anilines is 2. The maximum Gasteiger partial charge on any atom is 0.215 e. The van der Waals surface area contributed by atoms with Crippen LogP contribution in [0.1, 0.15) is 46.0 Å². The Hall–Kier alpha value is -6.48. The molecule has 0 bridgehead atoms. The highest BCUT2D eigenvalue weighted by molar-refractivity contribution is 6.57. The zero-order chi connectivity index (χ0) is 42.9. The van der Waals surface area contributed by atoms with Crippen molar-refractivity contribution in [1.29, 1.82) is 0 Å². The molecule has 1 heterocycles. The summed E-state index contributed by atoms with van der Waals surface area (Å²) in [7, 11) is 6.09. The smallest absolute Gasteiger partial charge is 0.215 e. The summed E-state index contributed by atoms with van der Waals surface area (Å²) >= 11 is 12.0. The Morgan fingerprint density at radius 3 is 1.84 bits per heavy atom. The lowest BCUT2D eigenvalue weighted by molar-refractivity contribution is -0.111. The summed E-state index contributed by atoms with van der Waals surface area (Å²) in [6, 6.07) is 31.9. The lowest BCUT2D eigenvalue weighted by atomic mass is 9.95. The minimum absolute atomic E-state index is 0.0189. The molecule has 4 aromatic rings. The predicted octanol–water partition coefficient (Wildman–Crippen LogP) is 11.3. The molecule has 0 radical (unpaired) electrons. The molecule has 1 aliphatic heterocycles. The van der Waals surface area contributed by atoms with Crippen molar-refractivity contribution in [3.8, 4) is 0 Å². The van der Waals surface area contributed by atoms with E-state index >= 15 is 0 Å². The summed E-state index contributed by atoms with van der Waals surface area (Å²) in [5.41, 5.74) is 11.0. The Morgan fingerprint density at radius 2 is 1.26 bits per heavy atom. The number of allylic oxidation sites excluding steroid dienone is 11. The van der Waals surface area contributed by atoms with Crippen molar-refractivity contribution in [3.63, 3.8) is 0 Å². The van der Waals surface area contributed by atoms with Gasteiger partial charge < -0.3 is 19.3 Å². The van der Waals surface area contributed by atoms with Crippen LogP contribution in [0.2, 0.25) is 0 Å². The third kappa shape index (κ3) is 10.6. The van der Waals surface area contributed by atoms with Crippen LogP contribution in [0.4, 0.5) is 17.1 Å². The fraction of sp³-hybridized carbons (Fsp3) is 0.176. The number of aliphatic imine (C=N–C) groups is 2. The number of hydrogen-bond donors (Lipinski definition) is 0. The van der Waals surface area contributed by atoms with Crippen LogP contribution in [0, 0.1) is 0 Å². The number of ketones is 2. The van der Waals surface area contributed by atoms with Crippen molar-refractivity contribution in [3.05, 3.63) is 183 Å². The zero-order valence-electron chi connectivity index (χ0n) is 34.6. The SMILES string of the molecule is CCN=C1C=CC(=C(C=Cc2ccc(N(C)CCC(=O)c3ccc(C4=C(c5ccc(N=C6C=C(Cl)C(=O)C(Cl)=C6)cc5)OCCO4)cc3)cc2)c2ccc(N(C)C)cc2)C=C1. The third-order valence-corrected chi connectivity index (χ3v) is 10.8. The average molecular weight is 850 g/mol. The van der Waals surface area contributed by atoms with E-state index < -0.39 is 5.78 Å². The quantitative estimate of drug-likeness (QED) is 0.0984. The van der Waals surface area contributed by atoms with Crippen LogP contribution in [0.5, 0.6) is 0 Å². The maximum atomic E-state index is 13.4. The van der Waals surface area contributed by atoms with E-state index in [-0.39, 0.29) is 15.8 Å². The number of Topliss-reactive ketones (excluding diaryl/α,β-unsaturated/α-hetero) is 2. The summed E-state index contributed by atoms with van der Waals surface area (Å²) in [5, 5.41) is 0.0377. The fourth-order valence-corrected chi connectivity index (χ4v) is 7.37. The number of carbonyl (C=O) groups excluding carboxylic acids is 2. The highest BCUT2D eigenvalue weighted by Crippen LogP contribution is 2.33. The van der Waals surface area contributed by atoms with E-state index in [0.29, 0.717) is 54.7 Å². The first-order valence-electron chi connectivity index (χ1n) is 20.1. The Kier molecular flexibility index (Phi) is 13.8. The van der Waals surface area contributed by atoms with Gasteiger partial charge in [-0.2, -0.15) is 0 Å². The topological polar surface area (TPSA) is 83.8 Å². The molecule has 2 aliphatic carbocycles. The van der Waals surface area contributed by atoms with Gasteiger partial charge in [0.15, 0.2) is 17.3 Å². The number of benzene rings is 4. The van der Waals surface area contributed by atoms with Crippen molar-refractivity contribution in [2.45, 2.75) is 13.3 Å². The Bertz CT molecular complexity index is 2530. The van der Waals surface area contributed by atoms with Gasteiger partial charge in [-0.05, 0) is 102 Å². The highest BCUT2D eigenvalue weighted by atomic mass is 35.5. The van der Waals surface area contributed by atoms with Gasteiger partial charge in [0.25, 0.3) is 0 Å². The van der Waals surface area contributed by atoms with Crippen LogP contribution in [0.15, 0.2) is 165 Å². The molecule has 0 saturated heterocycles. The van der Waals surface area contributed by atoms with Gasteiger partial charge in [0.2, 0.25) is 5.78 Å². The summed E-state index contributed by atoms with van der Waals surface area (Å²) in [6.07, 6.45) is 16.0. The number of halogens is 2. The van der Waals surface area contributed by atoms with E-state index in [1.54, 1.807) is 0 Å². The van der Waals surface area contributed by atoms with Gasteiger partial charge in [-0.25, -0.2) is 4.99 Å².